The van der Waals surface area contributed by atoms with E-state index in [1.165, 1.54) is 0 Å². The van der Waals surface area contributed by atoms with Crippen LogP contribution in [-0.2, 0) is 14.3 Å². The van der Waals surface area contributed by atoms with Crippen molar-refractivity contribution in [1.29, 1.82) is 0 Å². The average Bonchev–Trinajstić information content (AvgIpc) is 3.54. The van der Waals surface area contributed by atoms with Crippen LogP contribution in [-0.4, -0.2) is 44.0 Å². The number of carbonyl (C=O) groups is 2. The Balaban J connectivity index is 1.27. The van der Waals surface area contributed by atoms with Crippen molar-refractivity contribution in [3.8, 4) is 17.2 Å². The molecule has 8 nitrogen and oxygen atoms in total. The predicted octanol–water partition coefficient (Wildman–Crippen LogP) is 2.35. The third-order valence-corrected chi connectivity index (χ3v) is 6.43. The van der Waals surface area contributed by atoms with Crippen LogP contribution in [0, 0.1) is 11.8 Å². The molecular formula is C23H20N2O6. The number of hydrogen-bond acceptors (Lipinski definition) is 6. The molecular weight excluding hydrogens is 400 g/mol. The summed E-state index contributed by atoms with van der Waals surface area (Å²) in [6.07, 6.45) is 3.42. The zero-order chi connectivity index (χ0) is 21.2. The van der Waals surface area contributed by atoms with Gasteiger partial charge in [0.15, 0.2) is 11.5 Å². The summed E-state index contributed by atoms with van der Waals surface area (Å²) in [5.74, 6) is 0.433. The molecule has 0 aromatic heterocycles. The molecule has 8 heteroatoms. The van der Waals surface area contributed by atoms with Gasteiger partial charge in [-0.15, -0.1) is 0 Å². The number of methoxy groups -OCH3 is 1. The van der Waals surface area contributed by atoms with Gasteiger partial charge in [0.2, 0.25) is 18.6 Å². The molecule has 4 aliphatic rings. The topological polar surface area (TPSA) is 86.3 Å². The fourth-order valence-corrected chi connectivity index (χ4v) is 4.97. The van der Waals surface area contributed by atoms with Crippen LogP contribution in [0.15, 0.2) is 54.6 Å². The van der Waals surface area contributed by atoms with Gasteiger partial charge >= 0.3 is 0 Å². The van der Waals surface area contributed by atoms with Gasteiger partial charge in [0, 0.05) is 17.4 Å². The Morgan fingerprint density at radius 1 is 1.16 bits per heavy atom. The van der Waals surface area contributed by atoms with E-state index in [1.54, 1.807) is 48.4 Å². The summed E-state index contributed by atoms with van der Waals surface area (Å²) in [6, 6.07) is 12.5. The molecule has 4 aliphatic heterocycles. The summed E-state index contributed by atoms with van der Waals surface area (Å²) in [6.45, 7) is 0.524. The van der Waals surface area contributed by atoms with Gasteiger partial charge in [-0.05, 0) is 36.4 Å². The minimum atomic E-state index is -0.792. The first-order valence-electron chi connectivity index (χ1n) is 10.1. The van der Waals surface area contributed by atoms with E-state index in [9.17, 15) is 9.59 Å². The summed E-state index contributed by atoms with van der Waals surface area (Å²) < 4.78 is 22.2. The maximum Gasteiger partial charge on any atom is 0.234 e. The van der Waals surface area contributed by atoms with Gasteiger partial charge in [0.25, 0.3) is 0 Å². The van der Waals surface area contributed by atoms with Gasteiger partial charge in [0.05, 0.1) is 31.6 Å². The largest absolute Gasteiger partial charge is 0.497 e. The molecule has 2 aromatic carbocycles. The van der Waals surface area contributed by atoms with Crippen LogP contribution in [0.25, 0.3) is 0 Å². The molecule has 3 unspecified atom stereocenters. The zero-order valence-electron chi connectivity index (χ0n) is 16.7. The molecule has 4 atom stereocenters. The SMILES string of the molecule is COc1ccc(NC(=O)C2C3C(=O)N(c4ccc5c(c4)OCO5)CC34C=C[C@@H]2O4)cc1. The number of ether oxygens (including phenoxy) is 4. The first-order valence-corrected chi connectivity index (χ1v) is 10.1. The number of rotatable bonds is 4. The molecule has 1 N–H and O–H groups in total. The van der Waals surface area contributed by atoms with Crippen LogP contribution >= 0.6 is 0 Å². The molecule has 2 saturated heterocycles. The van der Waals surface area contributed by atoms with E-state index in [4.69, 9.17) is 18.9 Å². The summed E-state index contributed by atoms with van der Waals surface area (Å²) in [5, 5.41) is 2.92. The number of carbonyl (C=O) groups excluding carboxylic acids is 2. The van der Waals surface area contributed by atoms with E-state index >= 15 is 0 Å². The number of benzene rings is 2. The second kappa shape index (κ2) is 6.49. The molecule has 1 spiro atoms. The summed E-state index contributed by atoms with van der Waals surface area (Å²) >= 11 is 0. The summed E-state index contributed by atoms with van der Waals surface area (Å²) in [4.78, 5) is 28.3. The second-order valence-corrected chi connectivity index (χ2v) is 8.08. The Morgan fingerprint density at radius 2 is 1.97 bits per heavy atom. The van der Waals surface area contributed by atoms with Gasteiger partial charge in [-0.1, -0.05) is 12.2 Å². The molecule has 6 rings (SSSR count). The fraction of sp³-hybridized carbons (Fsp3) is 0.304. The van der Waals surface area contributed by atoms with Gasteiger partial charge in [-0.25, -0.2) is 0 Å². The molecule has 4 heterocycles. The maximum atomic E-state index is 13.5. The lowest BCUT2D eigenvalue weighted by atomic mass is 9.77. The van der Waals surface area contributed by atoms with Crippen LogP contribution < -0.4 is 24.4 Å². The highest BCUT2D eigenvalue weighted by Crippen LogP contribution is 2.53. The van der Waals surface area contributed by atoms with Crippen molar-refractivity contribution < 1.29 is 28.5 Å². The molecule has 0 saturated carbocycles. The quantitative estimate of drug-likeness (QED) is 0.765. The normalized spacial score (nSPS) is 29.4. The highest BCUT2D eigenvalue weighted by molar-refractivity contribution is 6.05. The molecule has 2 aromatic rings. The molecule has 0 aliphatic carbocycles. The molecule has 2 amide bonds. The van der Waals surface area contributed by atoms with E-state index in [2.05, 4.69) is 5.32 Å². The highest BCUT2D eigenvalue weighted by Gasteiger charge is 2.67. The Bertz CT molecular complexity index is 1110. The Morgan fingerprint density at radius 3 is 2.77 bits per heavy atom. The van der Waals surface area contributed by atoms with E-state index in [-0.39, 0.29) is 18.6 Å². The van der Waals surface area contributed by atoms with Gasteiger partial charge in [0.1, 0.15) is 11.4 Å². The van der Waals surface area contributed by atoms with Gasteiger partial charge in [-0.2, -0.15) is 0 Å². The van der Waals surface area contributed by atoms with Crippen LogP contribution in [0.2, 0.25) is 0 Å². The Hall–Kier alpha value is -3.52. The lowest BCUT2D eigenvalue weighted by Gasteiger charge is -2.23. The van der Waals surface area contributed by atoms with Crippen LogP contribution in [0.1, 0.15) is 0 Å². The maximum absolute atomic E-state index is 13.5. The average molecular weight is 420 g/mol. The molecule has 2 fully saturated rings. The van der Waals surface area contributed by atoms with Crippen LogP contribution in [0.3, 0.4) is 0 Å². The second-order valence-electron chi connectivity index (χ2n) is 8.08. The third kappa shape index (κ3) is 2.64. The third-order valence-electron chi connectivity index (χ3n) is 6.43. The minimum Gasteiger partial charge on any atom is -0.497 e. The van der Waals surface area contributed by atoms with Crippen molar-refractivity contribution in [2.45, 2.75) is 11.7 Å². The van der Waals surface area contributed by atoms with Crippen molar-refractivity contribution in [2.24, 2.45) is 11.8 Å². The van der Waals surface area contributed by atoms with Crippen LogP contribution in [0.5, 0.6) is 17.2 Å². The van der Waals surface area contributed by atoms with Crippen LogP contribution in [0.4, 0.5) is 11.4 Å². The fourth-order valence-electron chi connectivity index (χ4n) is 4.97. The number of amides is 2. The number of nitrogens with one attached hydrogen (secondary N) is 1. The number of anilines is 2. The predicted molar refractivity (Wildman–Crippen MR) is 110 cm³/mol. The first-order chi connectivity index (χ1) is 15.1. The highest BCUT2D eigenvalue weighted by atomic mass is 16.7. The number of fused-ring (bicyclic) bond motifs is 2. The van der Waals surface area contributed by atoms with E-state index < -0.39 is 23.5 Å². The lowest BCUT2D eigenvalue weighted by Crippen LogP contribution is -2.41. The zero-order valence-corrected chi connectivity index (χ0v) is 16.7. The molecule has 0 radical (unpaired) electrons. The van der Waals surface area contributed by atoms with Crippen molar-refractivity contribution >= 4 is 23.2 Å². The van der Waals surface area contributed by atoms with Crippen molar-refractivity contribution in [3.63, 3.8) is 0 Å². The van der Waals surface area contributed by atoms with Crippen molar-refractivity contribution in [3.05, 3.63) is 54.6 Å². The van der Waals surface area contributed by atoms with E-state index in [1.807, 2.05) is 18.2 Å². The summed E-state index contributed by atoms with van der Waals surface area (Å²) in [7, 11) is 1.59. The van der Waals surface area contributed by atoms with E-state index in [0.717, 1.165) is 0 Å². The standard InChI is InChI=1S/C23H20N2O6/c1-28-15-5-2-13(3-6-15)24-21(26)19-17-8-9-23(31-17)11-25(22(27)20(19)23)14-4-7-16-18(10-14)30-12-29-16/h2-10,17,19-20H,11-12H2,1H3,(H,24,26)/t17-,19?,20?,23?/m0/s1. The molecule has 31 heavy (non-hydrogen) atoms. The summed E-state index contributed by atoms with van der Waals surface area (Å²) in [5.41, 5.74) is 0.553. The first kappa shape index (κ1) is 18.3. The van der Waals surface area contributed by atoms with E-state index in [0.29, 0.717) is 35.2 Å². The smallest absolute Gasteiger partial charge is 0.234 e. The van der Waals surface area contributed by atoms with Crippen molar-refractivity contribution in [1.82, 2.24) is 0 Å². The Kier molecular flexibility index (Phi) is 3.82. The monoisotopic (exact) mass is 420 g/mol. The van der Waals surface area contributed by atoms with Gasteiger partial charge in [-0.3, -0.25) is 9.59 Å². The van der Waals surface area contributed by atoms with Gasteiger partial charge < -0.3 is 29.2 Å². The molecule has 158 valence electrons. The number of hydrogen-bond donors (Lipinski definition) is 1. The van der Waals surface area contributed by atoms with Crippen molar-refractivity contribution in [2.75, 3.05) is 30.7 Å². The lowest BCUT2D eigenvalue weighted by molar-refractivity contribution is -0.128. The molecule has 2 bridgehead atoms. The minimum absolute atomic E-state index is 0.124. The Labute approximate surface area is 178 Å². The number of nitrogens with zero attached hydrogens (tertiary/aromatic N) is 1.